The molecule has 3 aromatic rings. The van der Waals surface area contributed by atoms with E-state index in [0.717, 1.165) is 25.3 Å². The molecule has 4 rings (SSSR count). The number of pyridine rings is 1. The summed E-state index contributed by atoms with van der Waals surface area (Å²) >= 11 is 0. The molecule has 1 amide bonds. The lowest BCUT2D eigenvalue weighted by atomic mass is 10.00. The van der Waals surface area contributed by atoms with Gasteiger partial charge in [-0.25, -0.2) is 14.2 Å². The van der Waals surface area contributed by atoms with E-state index < -0.39 is 5.82 Å². The van der Waals surface area contributed by atoms with Gasteiger partial charge in [-0.05, 0) is 38.3 Å². The van der Waals surface area contributed by atoms with Gasteiger partial charge in [0.25, 0.3) is 0 Å². The van der Waals surface area contributed by atoms with Crippen LogP contribution in [-0.4, -0.2) is 44.2 Å². The number of amides is 1. The van der Waals surface area contributed by atoms with Crippen LogP contribution in [0.25, 0.3) is 27.1 Å². The van der Waals surface area contributed by atoms with Crippen molar-refractivity contribution in [2.24, 2.45) is 0 Å². The van der Waals surface area contributed by atoms with Crippen LogP contribution < -0.4 is 0 Å². The Labute approximate surface area is 160 Å². The van der Waals surface area contributed by atoms with E-state index >= 15 is 0 Å². The molecule has 3 heterocycles. The number of halogens is 1. The average molecular weight is 379 g/mol. The first-order valence-corrected chi connectivity index (χ1v) is 9.05. The van der Waals surface area contributed by atoms with E-state index in [1.165, 1.54) is 12.1 Å². The van der Waals surface area contributed by atoms with E-state index in [4.69, 9.17) is 6.57 Å². The lowest BCUT2D eigenvalue weighted by Gasteiger charge is -2.27. The van der Waals surface area contributed by atoms with E-state index in [1.54, 1.807) is 11.8 Å². The number of aryl methyl sites for hydroxylation is 1. The Balaban J connectivity index is 2.00. The minimum atomic E-state index is -0.722. The molecule has 0 atom stereocenters. The van der Waals surface area contributed by atoms with E-state index in [9.17, 15) is 14.3 Å². The predicted molar refractivity (Wildman–Crippen MR) is 102 cm³/mol. The van der Waals surface area contributed by atoms with Gasteiger partial charge in [-0.3, -0.25) is 9.89 Å². The highest BCUT2D eigenvalue weighted by Crippen LogP contribution is 2.39. The zero-order valence-electron chi connectivity index (χ0n) is 15.3. The van der Waals surface area contributed by atoms with Crippen molar-refractivity contribution in [3.8, 4) is 17.0 Å². The van der Waals surface area contributed by atoms with Gasteiger partial charge in [0.2, 0.25) is 11.6 Å². The number of piperidine rings is 1. The summed E-state index contributed by atoms with van der Waals surface area (Å²) < 4.78 is 14.5. The summed E-state index contributed by atoms with van der Waals surface area (Å²) in [5.74, 6) is -1.21. The second kappa shape index (κ2) is 6.93. The number of carbonyl (C=O) groups excluding carboxylic acids is 1. The molecule has 1 fully saturated rings. The van der Waals surface area contributed by atoms with E-state index in [-0.39, 0.29) is 39.8 Å². The monoisotopic (exact) mass is 379 g/mol. The topological polar surface area (TPSA) is 86.5 Å². The molecule has 0 aliphatic carbocycles. The van der Waals surface area contributed by atoms with Crippen molar-refractivity contribution in [3.63, 3.8) is 0 Å². The van der Waals surface area contributed by atoms with Crippen molar-refractivity contribution >= 4 is 22.6 Å². The van der Waals surface area contributed by atoms with Gasteiger partial charge in [-0.15, -0.1) is 0 Å². The summed E-state index contributed by atoms with van der Waals surface area (Å²) in [7, 11) is 0. The third-order valence-corrected chi connectivity index (χ3v) is 5.03. The van der Waals surface area contributed by atoms with Gasteiger partial charge < -0.3 is 10.0 Å². The number of rotatable bonds is 2. The van der Waals surface area contributed by atoms with Crippen LogP contribution in [0, 0.1) is 19.3 Å². The van der Waals surface area contributed by atoms with Gasteiger partial charge in [0.05, 0.1) is 17.8 Å². The minimum Gasteiger partial charge on any atom is -0.508 e. The lowest BCUT2D eigenvalue weighted by molar-refractivity contribution is 0.0727. The maximum atomic E-state index is 14.5. The van der Waals surface area contributed by atoms with Gasteiger partial charge in [-0.2, -0.15) is 5.10 Å². The number of nitrogens with zero attached hydrogens (tertiary/aromatic N) is 4. The summed E-state index contributed by atoms with van der Waals surface area (Å²) in [4.78, 5) is 23.0. The standard InChI is InChI=1S/C20H18FN5O2/c1-11-15-16(20(28)26-8-4-3-5-9-26)18(22-2)17(23-19(15)25-24-11)13-7-6-12(27)10-14(13)21/h6-7,10,27H,3-5,8-9H2,1H3,(H,23,24,25). The Morgan fingerprint density at radius 3 is 2.75 bits per heavy atom. The molecule has 1 aliphatic rings. The highest BCUT2D eigenvalue weighted by Gasteiger charge is 2.29. The Morgan fingerprint density at radius 1 is 1.32 bits per heavy atom. The van der Waals surface area contributed by atoms with Crippen molar-refractivity contribution in [2.45, 2.75) is 26.2 Å². The fraction of sp³-hybridized carbons (Fsp3) is 0.300. The number of aromatic nitrogens is 3. The van der Waals surface area contributed by atoms with Gasteiger partial charge in [-0.1, -0.05) is 0 Å². The van der Waals surface area contributed by atoms with Crippen molar-refractivity contribution < 1.29 is 14.3 Å². The Morgan fingerprint density at radius 2 is 2.07 bits per heavy atom. The third-order valence-electron chi connectivity index (χ3n) is 5.03. The third kappa shape index (κ3) is 2.85. The number of hydrogen-bond donors (Lipinski definition) is 2. The smallest absolute Gasteiger partial charge is 0.244 e. The molecule has 1 aromatic carbocycles. The van der Waals surface area contributed by atoms with Crippen LogP contribution in [0.4, 0.5) is 10.1 Å². The van der Waals surface area contributed by atoms with E-state index in [0.29, 0.717) is 24.2 Å². The zero-order valence-corrected chi connectivity index (χ0v) is 15.3. The van der Waals surface area contributed by atoms with Crippen LogP contribution in [0.1, 0.15) is 35.3 Å². The largest absolute Gasteiger partial charge is 0.508 e. The molecule has 0 unspecified atom stereocenters. The Bertz CT molecular complexity index is 1130. The average Bonchev–Trinajstić information content (AvgIpc) is 3.07. The van der Waals surface area contributed by atoms with Crippen molar-refractivity contribution in [3.05, 3.63) is 46.7 Å². The molecular formula is C20H18FN5O2. The second-order valence-corrected chi connectivity index (χ2v) is 6.86. The van der Waals surface area contributed by atoms with E-state index in [2.05, 4.69) is 20.0 Å². The fourth-order valence-electron chi connectivity index (χ4n) is 3.65. The molecule has 0 saturated carbocycles. The molecule has 2 N–H and O–H groups in total. The maximum absolute atomic E-state index is 14.5. The number of fused-ring (bicyclic) bond motifs is 1. The number of phenols is 1. The van der Waals surface area contributed by atoms with Crippen LogP contribution in [-0.2, 0) is 0 Å². The number of hydrogen-bond acceptors (Lipinski definition) is 4. The van der Waals surface area contributed by atoms with Gasteiger partial charge >= 0.3 is 0 Å². The molecule has 0 spiro atoms. The number of carbonyl (C=O) groups is 1. The zero-order chi connectivity index (χ0) is 19.8. The second-order valence-electron chi connectivity index (χ2n) is 6.86. The minimum absolute atomic E-state index is 0.00263. The maximum Gasteiger partial charge on any atom is 0.244 e. The van der Waals surface area contributed by atoms with Crippen LogP contribution >= 0.6 is 0 Å². The number of phenolic OH excluding ortho intramolecular Hbond substituents is 1. The Hall–Kier alpha value is -3.47. The molecular weight excluding hydrogens is 361 g/mol. The molecule has 0 radical (unpaired) electrons. The normalized spacial score (nSPS) is 14.2. The summed E-state index contributed by atoms with van der Waals surface area (Å²) in [6, 6.07) is 3.62. The first kappa shape index (κ1) is 17.9. The van der Waals surface area contributed by atoms with Crippen molar-refractivity contribution in [1.82, 2.24) is 20.1 Å². The highest BCUT2D eigenvalue weighted by atomic mass is 19.1. The van der Waals surface area contributed by atoms with Crippen LogP contribution in [0.3, 0.4) is 0 Å². The molecule has 142 valence electrons. The first-order valence-electron chi connectivity index (χ1n) is 9.05. The number of likely N-dealkylation sites (tertiary alicyclic amines) is 1. The molecule has 7 nitrogen and oxygen atoms in total. The molecule has 28 heavy (non-hydrogen) atoms. The number of benzene rings is 1. The lowest BCUT2D eigenvalue weighted by Crippen LogP contribution is -2.35. The van der Waals surface area contributed by atoms with Gasteiger partial charge in [0.15, 0.2) is 5.65 Å². The summed E-state index contributed by atoms with van der Waals surface area (Å²) in [6.07, 6.45) is 2.90. The van der Waals surface area contributed by atoms with Crippen LogP contribution in [0.15, 0.2) is 18.2 Å². The van der Waals surface area contributed by atoms with E-state index in [1.807, 2.05) is 0 Å². The number of nitrogens with one attached hydrogen (secondary N) is 1. The predicted octanol–water partition coefficient (Wildman–Crippen LogP) is 3.95. The number of aromatic amines is 1. The molecule has 2 aromatic heterocycles. The summed E-state index contributed by atoms with van der Waals surface area (Å²) in [5, 5.41) is 16.9. The summed E-state index contributed by atoms with van der Waals surface area (Å²) in [5.41, 5.74) is 1.18. The SMILES string of the molecule is [C-]#[N+]c1c(-c2ccc(O)cc2F)nc2n[nH]c(C)c2c1C(=O)N1CCCCC1. The van der Waals surface area contributed by atoms with Crippen molar-refractivity contribution in [1.29, 1.82) is 0 Å². The van der Waals surface area contributed by atoms with Gasteiger partial charge in [0, 0.05) is 35.8 Å². The first-order chi connectivity index (χ1) is 13.5. The highest BCUT2D eigenvalue weighted by molar-refractivity contribution is 6.13. The van der Waals surface area contributed by atoms with Crippen LogP contribution in [0.5, 0.6) is 5.75 Å². The quantitative estimate of drug-likeness (QED) is 0.660. The summed E-state index contributed by atoms with van der Waals surface area (Å²) in [6.45, 7) is 10.7. The van der Waals surface area contributed by atoms with Gasteiger partial charge in [0.1, 0.15) is 11.6 Å². The molecule has 1 aliphatic heterocycles. The molecule has 8 heteroatoms. The number of aromatic hydroxyl groups is 1. The fourth-order valence-corrected chi connectivity index (χ4v) is 3.65. The van der Waals surface area contributed by atoms with Crippen LogP contribution in [0.2, 0.25) is 0 Å². The molecule has 1 saturated heterocycles. The Kier molecular flexibility index (Phi) is 4.43. The van der Waals surface area contributed by atoms with Crippen molar-refractivity contribution in [2.75, 3.05) is 13.1 Å². The molecule has 0 bridgehead atoms. The number of H-pyrrole nitrogens is 1.